The molecule has 0 heterocycles. The minimum absolute atomic E-state index is 0.359. The van der Waals surface area contributed by atoms with Crippen molar-refractivity contribution in [2.24, 2.45) is 5.92 Å². The van der Waals surface area contributed by atoms with Gasteiger partial charge in [-0.1, -0.05) is 35.4 Å². The first kappa shape index (κ1) is 22.2. The van der Waals surface area contributed by atoms with E-state index < -0.39 is 23.8 Å². The number of methoxy groups -OCH3 is 3. The Labute approximate surface area is 182 Å². The number of nitrogens with one attached hydrogen (secondary N) is 1. The fraction of sp³-hybridized carbons (Fsp3) is 0.280. The summed E-state index contributed by atoms with van der Waals surface area (Å²) in [6.45, 7) is 3.87. The number of hydrogen-bond donors (Lipinski definition) is 1. The van der Waals surface area contributed by atoms with E-state index in [1.54, 1.807) is 7.11 Å². The van der Waals surface area contributed by atoms with Gasteiger partial charge in [-0.2, -0.15) is 0 Å². The van der Waals surface area contributed by atoms with Crippen molar-refractivity contribution < 1.29 is 23.8 Å². The minimum Gasteiger partial charge on any atom is -0.497 e. The number of allylic oxidation sites excluding steroid dienone is 1. The van der Waals surface area contributed by atoms with Gasteiger partial charge in [0.25, 0.3) is 0 Å². The molecule has 0 spiro atoms. The summed E-state index contributed by atoms with van der Waals surface area (Å²) < 4.78 is 15.6. The van der Waals surface area contributed by atoms with Gasteiger partial charge in [0.1, 0.15) is 5.75 Å². The normalized spacial score (nSPS) is 18.2. The second-order valence-electron chi connectivity index (χ2n) is 7.45. The number of rotatable bonds is 6. The molecule has 2 atom stereocenters. The Balaban J connectivity index is 2.21. The third kappa shape index (κ3) is 4.63. The van der Waals surface area contributed by atoms with Crippen molar-refractivity contribution in [1.82, 2.24) is 0 Å². The lowest BCUT2D eigenvalue weighted by atomic mass is 9.72. The molecule has 1 N–H and O–H groups in total. The van der Waals surface area contributed by atoms with Crippen LogP contribution in [0.1, 0.15) is 24.0 Å². The van der Waals surface area contributed by atoms with E-state index in [9.17, 15) is 9.59 Å². The summed E-state index contributed by atoms with van der Waals surface area (Å²) in [5.74, 6) is -1.58. The van der Waals surface area contributed by atoms with Crippen molar-refractivity contribution in [2.45, 2.75) is 19.8 Å². The van der Waals surface area contributed by atoms with Crippen LogP contribution >= 0.6 is 0 Å². The van der Waals surface area contributed by atoms with E-state index >= 15 is 0 Å². The molecule has 0 aromatic heterocycles. The molecule has 162 valence electrons. The SMILES string of the molecule is COC(=O)C1=C(Nc2ccc(C)cc2)C=C(C)[C@@H](C(=O)OC)[C@H]1c1cccc(OC)c1. The van der Waals surface area contributed by atoms with Crippen LogP contribution in [0.3, 0.4) is 0 Å². The van der Waals surface area contributed by atoms with Gasteiger partial charge in [-0.25, -0.2) is 4.79 Å². The maximum absolute atomic E-state index is 13.0. The number of carbonyl (C=O) groups is 2. The topological polar surface area (TPSA) is 73.9 Å². The summed E-state index contributed by atoms with van der Waals surface area (Å²) in [6.07, 6.45) is 1.81. The average Bonchev–Trinajstić information content (AvgIpc) is 2.79. The van der Waals surface area contributed by atoms with E-state index in [0.29, 0.717) is 17.0 Å². The summed E-state index contributed by atoms with van der Waals surface area (Å²) in [7, 11) is 4.25. The van der Waals surface area contributed by atoms with Crippen LogP contribution in [-0.4, -0.2) is 33.3 Å². The highest BCUT2D eigenvalue weighted by Crippen LogP contribution is 2.44. The molecule has 2 aromatic carbocycles. The van der Waals surface area contributed by atoms with Crippen molar-refractivity contribution >= 4 is 17.6 Å². The Hall–Kier alpha value is -3.54. The van der Waals surface area contributed by atoms with Gasteiger partial charge in [0.2, 0.25) is 0 Å². The third-order valence-electron chi connectivity index (χ3n) is 5.44. The van der Waals surface area contributed by atoms with Gasteiger partial charge in [0, 0.05) is 17.3 Å². The second-order valence-corrected chi connectivity index (χ2v) is 7.45. The Morgan fingerprint density at radius 3 is 2.26 bits per heavy atom. The van der Waals surface area contributed by atoms with Crippen LogP contribution in [0.25, 0.3) is 0 Å². The van der Waals surface area contributed by atoms with E-state index in [1.165, 1.54) is 14.2 Å². The fourth-order valence-corrected chi connectivity index (χ4v) is 3.88. The molecule has 0 amide bonds. The standard InChI is InChI=1S/C25H27NO5/c1-15-9-11-18(12-10-15)26-20-13-16(2)21(24(27)30-4)22(23(20)25(28)31-5)17-7-6-8-19(14-17)29-3/h6-14,21-22,26H,1-5H3/t21-,22-/m1/s1. The number of benzene rings is 2. The van der Waals surface area contributed by atoms with E-state index in [-0.39, 0.29) is 0 Å². The number of hydrogen-bond acceptors (Lipinski definition) is 6. The molecule has 31 heavy (non-hydrogen) atoms. The quantitative estimate of drug-likeness (QED) is 0.698. The third-order valence-corrected chi connectivity index (χ3v) is 5.44. The zero-order valence-corrected chi connectivity index (χ0v) is 18.4. The van der Waals surface area contributed by atoms with E-state index in [4.69, 9.17) is 14.2 Å². The van der Waals surface area contributed by atoms with Crippen molar-refractivity contribution in [3.8, 4) is 5.75 Å². The maximum atomic E-state index is 13.0. The monoisotopic (exact) mass is 421 g/mol. The largest absolute Gasteiger partial charge is 0.497 e. The molecule has 0 fully saturated rings. The number of carbonyl (C=O) groups excluding carboxylic acids is 2. The van der Waals surface area contributed by atoms with E-state index in [0.717, 1.165) is 22.4 Å². The summed E-state index contributed by atoms with van der Waals surface area (Å²) in [5.41, 5.74) is 4.43. The smallest absolute Gasteiger partial charge is 0.336 e. The van der Waals surface area contributed by atoms with Crippen LogP contribution in [0, 0.1) is 12.8 Å². The highest BCUT2D eigenvalue weighted by Gasteiger charge is 2.42. The first-order valence-electron chi connectivity index (χ1n) is 9.95. The van der Waals surface area contributed by atoms with Crippen LogP contribution in [0.15, 0.2) is 71.5 Å². The summed E-state index contributed by atoms with van der Waals surface area (Å²) in [6, 6.07) is 15.2. The molecular weight excluding hydrogens is 394 g/mol. The molecular formula is C25H27NO5. The lowest BCUT2D eigenvalue weighted by Gasteiger charge is -2.33. The van der Waals surface area contributed by atoms with Gasteiger partial charge in [-0.3, -0.25) is 4.79 Å². The lowest BCUT2D eigenvalue weighted by molar-refractivity contribution is -0.144. The summed E-state index contributed by atoms with van der Waals surface area (Å²) in [4.78, 5) is 25.8. The molecule has 1 aliphatic carbocycles. The number of anilines is 1. The van der Waals surface area contributed by atoms with Crippen molar-refractivity contribution in [2.75, 3.05) is 26.6 Å². The molecule has 0 unspecified atom stereocenters. The average molecular weight is 421 g/mol. The van der Waals surface area contributed by atoms with Crippen LogP contribution in [0.2, 0.25) is 0 Å². The second kappa shape index (κ2) is 9.51. The Morgan fingerprint density at radius 2 is 1.65 bits per heavy atom. The van der Waals surface area contributed by atoms with Crippen molar-refractivity contribution in [3.63, 3.8) is 0 Å². The molecule has 6 nitrogen and oxygen atoms in total. The zero-order chi connectivity index (χ0) is 22.5. The minimum atomic E-state index is -0.672. The number of aryl methyl sites for hydroxylation is 1. The van der Waals surface area contributed by atoms with Crippen LogP contribution in [-0.2, 0) is 19.1 Å². The fourth-order valence-electron chi connectivity index (χ4n) is 3.88. The van der Waals surface area contributed by atoms with E-state index in [1.807, 2.05) is 68.5 Å². The van der Waals surface area contributed by atoms with E-state index in [2.05, 4.69) is 5.32 Å². The first-order valence-corrected chi connectivity index (χ1v) is 9.95. The van der Waals surface area contributed by atoms with Crippen LogP contribution in [0.4, 0.5) is 5.69 Å². The Morgan fingerprint density at radius 1 is 0.935 bits per heavy atom. The van der Waals surface area contributed by atoms with Crippen LogP contribution < -0.4 is 10.1 Å². The van der Waals surface area contributed by atoms with Gasteiger partial charge in [-0.05, 0) is 49.8 Å². The highest BCUT2D eigenvalue weighted by molar-refractivity contribution is 5.95. The van der Waals surface area contributed by atoms with Crippen molar-refractivity contribution in [3.05, 3.63) is 82.6 Å². The van der Waals surface area contributed by atoms with Gasteiger partial charge in [0.15, 0.2) is 0 Å². The lowest BCUT2D eigenvalue weighted by Crippen LogP contribution is -2.33. The highest BCUT2D eigenvalue weighted by atomic mass is 16.5. The molecule has 0 saturated heterocycles. The zero-order valence-electron chi connectivity index (χ0n) is 18.4. The molecule has 0 saturated carbocycles. The molecule has 0 radical (unpaired) electrons. The molecule has 0 bridgehead atoms. The van der Waals surface area contributed by atoms with Gasteiger partial charge in [0.05, 0.1) is 32.8 Å². The van der Waals surface area contributed by atoms with Crippen molar-refractivity contribution in [1.29, 1.82) is 0 Å². The predicted molar refractivity (Wildman–Crippen MR) is 119 cm³/mol. The summed E-state index contributed by atoms with van der Waals surface area (Å²) >= 11 is 0. The first-order chi connectivity index (χ1) is 14.9. The number of esters is 2. The molecule has 1 aliphatic rings. The molecule has 0 aliphatic heterocycles. The van der Waals surface area contributed by atoms with Gasteiger partial charge >= 0.3 is 11.9 Å². The molecule has 2 aromatic rings. The predicted octanol–water partition coefficient (Wildman–Crippen LogP) is 4.38. The Kier molecular flexibility index (Phi) is 6.80. The maximum Gasteiger partial charge on any atom is 0.336 e. The summed E-state index contributed by atoms with van der Waals surface area (Å²) in [5, 5.41) is 3.33. The Bertz CT molecular complexity index is 1040. The molecule has 6 heteroatoms. The molecule has 3 rings (SSSR count). The van der Waals surface area contributed by atoms with Gasteiger partial charge in [-0.15, -0.1) is 0 Å². The van der Waals surface area contributed by atoms with Crippen LogP contribution in [0.5, 0.6) is 5.75 Å². The number of ether oxygens (including phenoxy) is 3. The van der Waals surface area contributed by atoms with Gasteiger partial charge < -0.3 is 19.5 Å².